The van der Waals surface area contributed by atoms with Gasteiger partial charge in [-0.25, -0.2) is 0 Å². The molecule has 2 N–H and O–H groups in total. The van der Waals surface area contributed by atoms with Gasteiger partial charge in [-0.15, -0.1) is 0 Å². The minimum atomic E-state index is -0.243. The average Bonchev–Trinajstić information content (AvgIpc) is 3.10. The molecule has 0 spiro atoms. The maximum Gasteiger partial charge on any atom is 0.228 e. The van der Waals surface area contributed by atoms with Crippen molar-refractivity contribution in [3.8, 4) is 11.5 Å². The molecule has 0 aliphatic heterocycles. The number of rotatable bonds is 4. The molecule has 4 aromatic rings. The molecular weight excluding hydrogens is 302 g/mol. The second-order valence-corrected chi connectivity index (χ2v) is 5.49. The van der Waals surface area contributed by atoms with Crippen LogP contribution in [0, 0.1) is 0 Å². The molecule has 4 rings (SSSR count). The van der Waals surface area contributed by atoms with Crippen molar-refractivity contribution in [2.45, 2.75) is 12.5 Å². The summed E-state index contributed by atoms with van der Waals surface area (Å²) in [6.07, 6.45) is 5.65. The van der Waals surface area contributed by atoms with Crippen molar-refractivity contribution in [3.05, 3.63) is 72.5 Å². The first kappa shape index (κ1) is 14.5. The first-order chi connectivity index (χ1) is 11.8. The lowest BCUT2D eigenvalue weighted by atomic mass is 10.1. The maximum atomic E-state index is 6.18. The van der Waals surface area contributed by atoms with Crippen molar-refractivity contribution in [2.75, 3.05) is 0 Å². The van der Waals surface area contributed by atoms with Crippen LogP contribution in [0.25, 0.3) is 22.3 Å². The third-order valence-electron chi connectivity index (χ3n) is 3.86. The molecular formula is C18H15N5O. The molecule has 0 unspecified atom stereocenters. The Labute approximate surface area is 138 Å². The van der Waals surface area contributed by atoms with Crippen LogP contribution in [0.2, 0.25) is 0 Å². The van der Waals surface area contributed by atoms with Crippen LogP contribution in [0.3, 0.4) is 0 Å². The van der Waals surface area contributed by atoms with Gasteiger partial charge in [-0.3, -0.25) is 9.97 Å². The molecule has 0 fully saturated rings. The van der Waals surface area contributed by atoms with Crippen molar-refractivity contribution < 1.29 is 4.52 Å². The zero-order valence-electron chi connectivity index (χ0n) is 12.8. The van der Waals surface area contributed by atoms with E-state index in [9.17, 15) is 0 Å². The zero-order chi connectivity index (χ0) is 16.4. The van der Waals surface area contributed by atoms with Gasteiger partial charge < -0.3 is 10.3 Å². The fourth-order valence-electron chi connectivity index (χ4n) is 2.63. The molecule has 0 bridgehead atoms. The number of benzene rings is 1. The molecule has 6 nitrogen and oxygen atoms in total. The quantitative estimate of drug-likeness (QED) is 0.622. The fourth-order valence-corrected chi connectivity index (χ4v) is 2.63. The summed E-state index contributed by atoms with van der Waals surface area (Å²) in [4.78, 5) is 12.9. The van der Waals surface area contributed by atoms with E-state index in [1.165, 1.54) is 0 Å². The Balaban J connectivity index is 1.63. The van der Waals surface area contributed by atoms with Crippen molar-refractivity contribution >= 4 is 10.8 Å². The van der Waals surface area contributed by atoms with E-state index in [1.54, 1.807) is 18.6 Å². The molecule has 1 atom stereocenters. The van der Waals surface area contributed by atoms with Crippen LogP contribution in [-0.4, -0.2) is 20.1 Å². The second kappa shape index (κ2) is 6.17. The van der Waals surface area contributed by atoms with E-state index in [4.69, 9.17) is 10.3 Å². The summed E-state index contributed by atoms with van der Waals surface area (Å²) in [5.41, 5.74) is 7.82. The van der Waals surface area contributed by atoms with Gasteiger partial charge in [0.25, 0.3) is 0 Å². The van der Waals surface area contributed by atoms with E-state index >= 15 is 0 Å². The molecule has 0 saturated carbocycles. The molecule has 24 heavy (non-hydrogen) atoms. The highest BCUT2D eigenvalue weighted by Crippen LogP contribution is 2.24. The zero-order valence-corrected chi connectivity index (χ0v) is 12.8. The van der Waals surface area contributed by atoms with Gasteiger partial charge in [-0.2, -0.15) is 4.98 Å². The summed E-state index contributed by atoms with van der Waals surface area (Å²) < 4.78 is 5.36. The van der Waals surface area contributed by atoms with Crippen LogP contribution in [0.1, 0.15) is 17.5 Å². The van der Waals surface area contributed by atoms with Crippen LogP contribution in [-0.2, 0) is 6.42 Å². The standard InChI is InChI=1S/C18H15N5O/c19-15(13-5-3-8-20-11-13)10-16-22-18(23-24-16)17-14-6-2-1-4-12(14)7-9-21-17/h1-9,11,15H,10,19H2/t15-/m1/s1. The monoisotopic (exact) mass is 317 g/mol. The minimum Gasteiger partial charge on any atom is -0.339 e. The minimum absolute atomic E-state index is 0.243. The molecule has 0 saturated heterocycles. The number of aromatic nitrogens is 4. The number of nitrogens with two attached hydrogens (primary N) is 1. The van der Waals surface area contributed by atoms with E-state index in [-0.39, 0.29) is 6.04 Å². The summed E-state index contributed by atoms with van der Waals surface area (Å²) in [6.45, 7) is 0. The van der Waals surface area contributed by atoms with E-state index in [0.717, 1.165) is 16.3 Å². The smallest absolute Gasteiger partial charge is 0.228 e. The summed E-state index contributed by atoms with van der Waals surface area (Å²) in [5, 5.41) is 6.14. The Morgan fingerprint density at radius 1 is 1.04 bits per heavy atom. The molecule has 6 heteroatoms. The number of hydrogen-bond donors (Lipinski definition) is 1. The van der Waals surface area contributed by atoms with E-state index < -0.39 is 0 Å². The predicted octanol–water partition coefficient (Wildman–Crippen LogP) is 2.92. The molecule has 3 aromatic heterocycles. The third kappa shape index (κ3) is 2.75. The lowest BCUT2D eigenvalue weighted by molar-refractivity contribution is 0.370. The van der Waals surface area contributed by atoms with E-state index in [2.05, 4.69) is 20.1 Å². The topological polar surface area (TPSA) is 90.7 Å². The van der Waals surface area contributed by atoms with Crippen LogP contribution in [0.15, 0.2) is 65.6 Å². The normalized spacial score (nSPS) is 12.4. The lowest BCUT2D eigenvalue weighted by Gasteiger charge is -2.07. The van der Waals surface area contributed by atoms with Gasteiger partial charge in [0, 0.05) is 36.4 Å². The number of fused-ring (bicyclic) bond motifs is 1. The van der Waals surface area contributed by atoms with Gasteiger partial charge in [0.2, 0.25) is 11.7 Å². The van der Waals surface area contributed by atoms with Crippen LogP contribution >= 0.6 is 0 Å². The predicted molar refractivity (Wildman–Crippen MR) is 89.9 cm³/mol. The maximum absolute atomic E-state index is 6.18. The van der Waals surface area contributed by atoms with Gasteiger partial charge in [-0.1, -0.05) is 35.5 Å². The highest BCUT2D eigenvalue weighted by Gasteiger charge is 2.16. The first-order valence-electron chi connectivity index (χ1n) is 7.63. The Hall–Kier alpha value is -3.12. The summed E-state index contributed by atoms with van der Waals surface area (Å²) in [5.74, 6) is 0.955. The third-order valence-corrected chi connectivity index (χ3v) is 3.86. The highest BCUT2D eigenvalue weighted by molar-refractivity contribution is 5.92. The first-order valence-corrected chi connectivity index (χ1v) is 7.63. The molecule has 0 radical (unpaired) electrons. The van der Waals surface area contributed by atoms with Crippen LogP contribution < -0.4 is 5.73 Å². The Kier molecular flexibility index (Phi) is 3.72. The van der Waals surface area contributed by atoms with Crippen LogP contribution in [0.5, 0.6) is 0 Å². The van der Waals surface area contributed by atoms with Gasteiger partial charge in [-0.05, 0) is 23.1 Å². The SMILES string of the molecule is N[C@H](Cc1nc(-c2nccc3ccccc23)no1)c1cccnc1. The molecule has 118 valence electrons. The van der Waals surface area contributed by atoms with E-state index in [0.29, 0.717) is 23.8 Å². The number of hydrogen-bond acceptors (Lipinski definition) is 6. The van der Waals surface area contributed by atoms with E-state index in [1.807, 2.05) is 42.5 Å². The summed E-state index contributed by atoms with van der Waals surface area (Å²) >= 11 is 0. The summed E-state index contributed by atoms with van der Waals surface area (Å²) in [7, 11) is 0. The molecule has 0 aliphatic carbocycles. The second-order valence-electron chi connectivity index (χ2n) is 5.49. The molecule has 3 heterocycles. The van der Waals surface area contributed by atoms with Gasteiger partial charge in [0.05, 0.1) is 0 Å². The van der Waals surface area contributed by atoms with Crippen molar-refractivity contribution in [3.63, 3.8) is 0 Å². The lowest BCUT2D eigenvalue weighted by Crippen LogP contribution is -2.13. The largest absolute Gasteiger partial charge is 0.339 e. The Morgan fingerprint density at radius 2 is 1.96 bits per heavy atom. The number of nitrogens with zero attached hydrogens (tertiary/aromatic N) is 4. The average molecular weight is 317 g/mol. The van der Waals surface area contributed by atoms with Crippen LogP contribution in [0.4, 0.5) is 0 Å². The number of pyridine rings is 2. The Morgan fingerprint density at radius 3 is 2.83 bits per heavy atom. The molecule has 0 aliphatic rings. The van der Waals surface area contributed by atoms with Crippen molar-refractivity contribution in [1.82, 2.24) is 20.1 Å². The van der Waals surface area contributed by atoms with Gasteiger partial charge >= 0.3 is 0 Å². The summed E-state index contributed by atoms with van der Waals surface area (Å²) in [6, 6.07) is 13.5. The fraction of sp³-hybridized carbons (Fsp3) is 0.111. The van der Waals surface area contributed by atoms with Crippen molar-refractivity contribution in [1.29, 1.82) is 0 Å². The Bertz CT molecular complexity index is 962. The van der Waals surface area contributed by atoms with Gasteiger partial charge in [0.1, 0.15) is 5.69 Å². The highest BCUT2D eigenvalue weighted by atomic mass is 16.5. The van der Waals surface area contributed by atoms with Crippen molar-refractivity contribution in [2.24, 2.45) is 5.73 Å². The molecule has 0 amide bonds. The molecule has 1 aromatic carbocycles. The van der Waals surface area contributed by atoms with Gasteiger partial charge in [0.15, 0.2) is 0 Å².